The molecule has 1 aromatic carbocycles. The number of benzene rings is 1. The number of hydrogen-bond acceptors (Lipinski definition) is 5. The van der Waals surface area contributed by atoms with E-state index < -0.39 is 0 Å². The van der Waals surface area contributed by atoms with Crippen LogP contribution in [0.5, 0.6) is 5.75 Å². The molecule has 2 atom stereocenters. The smallest absolute Gasteiger partial charge is 0.323 e. The molecule has 0 saturated carbocycles. The van der Waals surface area contributed by atoms with Crippen LogP contribution in [0.4, 0.5) is 4.39 Å². The summed E-state index contributed by atoms with van der Waals surface area (Å²) < 4.78 is 23.4. The van der Waals surface area contributed by atoms with Gasteiger partial charge in [-0.05, 0) is 31.2 Å². The highest BCUT2D eigenvalue weighted by Crippen LogP contribution is 2.21. The number of halogens is 1. The van der Waals surface area contributed by atoms with Gasteiger partial charge in [0, 0.05) is 32.6 Å². The average molecular weight is 336 g/mol. The number of ether oxygens (including phenoxy) is 2. The van der Waals surface area contributed by atoms with E-state index >= 15 is 0 Å². The summed E-state index contributed by atoms with van der Waals surface area (Å²) in [5.74, 6) is -0.154. The van der Waals surface area contributed by atoms with E-state index in [0.717, 1.165) is 0 Å². The topological polar surface area (TPSA) is 59.1 Å². The lowest BCUT2D eigenvalue weighted by Gasteiger charge is -2.36. The van der Waals surface area contributed by atoms with Crippen molar-refractivity contribution in [2.75, 3.05) is 32.8 Å². The van der Waals surface area contributed by atoms with Gasteiger partial charge >= 0.3 is 5.97 Å². The second-order valence-electron chi connectivity index (χ2n) is 6.16. The first-order valence-corrected chi connectivity index (χ1v) is 8.13. The Morgan fingerprint density at radius 1 is 1.25 bits per heavy atom. The monoisotopic (exact) mass is 336 g/mol. The molecule has 0 spiro atoms. The van der Waals surface area contributed by atoms with Gasteiger partial charge in [0.25, 0.3) is 5.91 Å². The molecule has 1 aromatic rings. The summed E-state index contributed by atoms with van der Waals surface area (Å²) in [6, 6.07) is 5.38. The zero-order valence-electron chi connectivity index (χ0n) is 13.6. The number of cyclic esters (lactones) is 1. The zero-order chi connectivity index (χ0) is 17.1. The van der Waals surface area contributed by atoms with Crippen molar-refractivity contribution in [3.05, 3.63) is 30.1 Å². The third kappa shape index (κ3) is 3.84. The van der Waals surface area contributed by atoms with Crippen LogP contribution in [0.1, 0.15) is 13.3 Å². The van der Waals surface area contributed by atoms with E-state index in [9.17, 15) is 14.0 Å². The van der Waals surface area contributed by atoms with Gasteiger partial charge in [0.1, 0.15) is 23.7 Å². The largest absolute Gasteiger partial charge is 0.484 e. The fraction of sp³-hybridized carbons (Fsp3) is 0.529. The van der Waals surface area contributed by atoms with Gasteiger partial charge in [-0.25, -0.2) is 4.39 Å². The third-order valence-corrected chi connectivity index (χ3v) is 4.43. The van der Waals surface area contributed by atoms with E-state index in [2.05, 4.69) is 4.90 Å². The summed E-state index contributed by atoms with van der Waals surface area (Å²) in [5.41, 5.74) is 0. The van der Waals surface area contributed by atoms with Crippen molar-refractivity contribution in [1.82, 2.24) is 9.80 Å². The van der Waals surface area contributed by atoms with E-state index in [4.69, 9.17) is 9.47 Å². The molecule has 0 N–H and O–H groups in total. The Labute approximate surface area is 140 Å². The predicted molar refractivity (Wildman–Crippen MR) is 84.0 cm³/mol. The maximum absolute atomic E-state index is 12.8. The van der Waals surface area contributed by atoms with Crippen molar-refractivity contribution < 1.29 is 23.5 Å². The lowest BCUT2D eigenvalue weighted by Crippen LogP contribution is -2.53. The molecule has 3 rings (SSSR count). The summed E-state index contributed by atoms with van der Waals surface area (Å²) in [4.78, 5) is 27.8. The second kappa shape index (κ2) is 7.17. The van der Waals surface area contributed by atoms with Crippen LogP contribution in [0, 0.1) is 5.82 Å². The Balaban J connectivity index is 1.45. The Morgan fingerprint density at radius 3 is 2.50 bits per heavy atom. The van der Waals surface area contributed by atoms with Gasteiger partial charge in [0.15, 0.2) is 6.61 Å². The Morgan fingerprint density at radius 2 is 1.92 bits per heavy atom. The molecular formula is C17H21FN2O4. The highest BCUT2D eigenvalue weighted by molar-refractivity contribution is 5.79. The molecule has 2 heterocycles. The Bertz CT molecular complexity index is 599. The van der Waals surface area contributed by atoms with Crippen LogP contribution in [0.3, 0.4) is 0 Å². The summed E-state index contributed by atoms with van der Waals surface area (Å²) in [6.07, 6.45) is 0.673. The number of rotatable bonds is 4. The Kier molecular flexibility index (Phi) is 4.99. The first-order valence-electron chi connectivity index (χ1n) is 8.13. The van der Waals surface area contributed by atoms with Crippen molar-refractivity contribution in [3.8, 4) is 5.75 Å². The minimum atomic E-state index is -0.343. The van der Waals surface area contributed by atoms with E-state index in [0.29, 0.717) is 38.3 Å². The molecule has 2 saturated heterocycles. The standard InChI is InChI=1S/C17H21FN2O4/c1-12-10-15(17(22)24-12)19-6-8-20(9-7-19)16(21)11-23-14-4-2-13(18)3-5-14/h2-5,12,15H,6-11H2,1H3. The highest BCUT2D eigenvalue weighted by Gasteiger charge is 2.38. The third-order valence-electron chi connectivity index (χ3n) is 4.43. The number of esters is 1. The molecule has 2 unspecified atom stereocenters. The number of hydrogen-bond donors (Lipinski definition) is 0. The van der Waals surface area contributed by atoms with Gasteiger partial charge in [-0.1, -0.05) is 0 Å². The molecule has 2 aliphatic rings. The highest BCUT2D eigenvalue weighted by atomic mass is 19.1. The van der Waals surface area contributed by atoms with Crippen LogP contribution in [0.2, 0.25) is 0 Å². The predicted octanol–water partition coefficient (Wildman–Crippen LogP) is 1.05. The molecule has 0 bridgehead atoms. The van der Waals surface area contributed by atoms with E-state index in [-0.39, 0.29) is 36.4 Å². The van der Waals surface area contributed by atoms with Crippen molar-refractivity contribution in [1.29, 1.82) is 0 Å². The summed E-state index contributed by atoms with van der Waals surface area (Å²) in [5, 5.41) is 0. The molecule has 7 heteroatoms. The SMILES string of the molecule is CC1CC(N2CCN(C(=O)COc3ccc(F)cc3)CC2)C(=O)O1. The molecule has 1 amide bonds. The lowest BCUT2D eigenvalue weighted by atomic mass is 10.1. The van der Waals surface area contributed by atoms with Gasteiger partial charge in [0.2, 0.25) is 0 Å². The van der Waals surface area contributed by atoms with Gasteiger partial charge in [0.05, 0.1) is 0 Å². The molecule has 6 nitrogen and oxygen atoms in total. The molecule has 24 heavy (non-hydrogen) atoms. The zero-order valence-corrected chi connectivity index (χ0v) is 13.6. The molecule has 2 aliphatic heterocycles. The molecule has 0 aromatic heterocycles. The minimum absolute atomic E-state index is 0.0359. The van der Waals surface area contributed by atoms with Crippen LogP contribution in [-0.4, -0.2) is 66.6 Å². The quantitative estimate of drug-likeness (QED) is 0.770. The second-order valence-corrected chi connectivity index (χ2v) is 6.16. The summed E-state index contributed by atoms with van der Waals surface area (Å²) >= 11 is 0. The van der Waals surface area contributed by atoms with Crippen LogP contribution in [0.15, 0.2) is 24.3 Å². The molecular weight excluding hydrogens is 315 g/mol. The maximum Gasteiger partial charge on any atom is 0.323 e. The van der Waals surface area contributed by atoms with Crippen molar-refractivity contribution >= 4 is 11.9 Å². The van der Waals surface area contributed by atoms with Crippen LogP contribution < -0.4 is 4.74 Å². The first kappa shape index (κ1) is 16.7. The number of carbonyl (C=O) groups excluding carboxylic acids is 2. The van der Waals surface area contributed by atoms with E-state index in [1.165, 1.54) is 24.3 Å². The average Bonchev–Trinajstić information content (AvgIpc) is 2.92. The lowest BCUT2D eigenvalue weighted by molar-refractivity contribution is -0.145. The van der Waals surface area contributed by atoms with Gasteiger partial charge in [-0.3, -0.25) is 14.5 Å². The Hall–Kier alpha value is -2.15. The van der Waals surface area contributed by atoms with E-state index in [1.54, 1.807) is 4.90 Å². The van der Waals surface area contributed by atoms with Gasteiger partial charge < -0.3 is 14.4 Å². The van der Waals surface area contributed by atoms with Crippen molar-refractivity contribution in [3.63, 3.8) is 0 Å². The minimum Gasteiger partial charge on any atom is -0.484 e. The molecule has 130 valence electrons. The van der Waals surface area contributed by atoms with E-state index in [1.807, 2.05) is 6.92 Å². The van der Waals surface area contributed by atoms with Crippen molar-refractivity contribution in [2.24, 2.45) is 0 Å². The first-order chi connectivity index (χ1) is 11.5. The van der Waals surface area contributed by atoms with Crippen LogP contribution in [0.25, 0.3) is 0 Å². The summed E-state index contributed by atoms with van der Waals surface area (Å²) in [7, 11) is 0. The number of carbonyl (C=O) groups is 2. The van der Waals surface area contributed by atoms with Gasteiger partial charge in [-0.15, -0.1) is 0 Å². The molecule has 2 fully saturated rings. The van der Waals surface area contributed by atoms with Gasteiger partial charge in [-0.2, -0.15) is 0 Å². The molecule has 0 aliphatic carbocycles. The fourth-order valence-corrected chi connectivity index (χ4v) is 3.08. The maximum atomic E-state index is 12.8. The summed E-state index contributed by atoms with van der Waals surface area (Å²) in [6.45, 7) is 4.23. The normalized spacial score (nSPS) is 24.8. The van der Waals surface area contributed by atoms with Crippen molar-refractivity contribution in [2.45, 2.75) is 25.5 Å². The van der Waals surface area contributed by atoms with Crippen LogP contribution >= 0.6 is 0 Å². The fourth-order valence-electron chi connectivity index (χ4n) is 3.08. The van der Waals surface area contributed by atoms with Crippen LogP contribution in [-0.2, 0) is 14.3 Å². The molecule has 0 radical (unpaired) electrons. The number of amides is 1. The number of nitrogens with zero attached hydrogens (tertiary/aromatic N) is 2. The number of piperazine rings is 1.